The molecule has 0 aliphatic heterocycles. The van der Waals surface area contributed by atoms with Crippen LogP contribution in [0.15, 0.2) is 30.3 Å². The first-order valence-corrected chi connectivity index (χ1v) is 10.3. The third-order valence-electron chi connectivity index (χ3n) is 5.52. The molecule has 0 unspecified atom stereocenters. The van der Waals surface area contributed by atoms with Crippen molar-refractivity contribution >= 4 is 29.2 Å². The van der Waals surface area contributed by atoms with Crippen LogP contribution in [0.1, 0.15) is 48.5 Å². The Morgan fingerprint density at radius 2 is 1.83 bits per heavy atom. The average Bonchev–Trinajstić information content (AvgIpc) is 2.74. The summed E-state index contributed by atoms with van der Waals surface area (Å²) in [7, 11) is 3.75. The van der Waals surface area contributed by atoms with Crippen LogP contribution >= 0.6 is 0 Å². The number of carbonyl (C=O) groups is 2. The molecule has 3 N–H and O–H groups in total. The molecule has 8 nitrogen and oxygen atoms in total. The molecule has 0 atom stereocenters. The van der Waals surface area contributed by atoms with Gasteiger partial charge in [-0.3, -0.25) is 9.59 Å². The highest BCUT2D eigenvalue weighted by Crippen LogP contribution is 2.29. The third kappa shape index (κ3) is 5.25. The zero-order valence-electron chi connectivity index (χ0n) is 17.7. The second kappa shape index (κ2) is 9.56. The monoisotopic (exact) mass is 411 g/mol. The Morgan fingerprint density at radius 3 is 2.40 bits per heavy atom. The largest absolute Gasteiger partial charge is 0.481 e. The van der Waals surface area contributed by atoms with Crippen LogP contribution in [0.2, 0.25) is 0 Å². The summed E-state index contributed by atoms with van der Waals surface area (Å²) in [6, 6.07) is 9.44. The second-order valence-electron chi connectivity index (χ2n) is 7.89. The molecular weight excluding hydrogens is 382 g/mol. The number of carbonyl (C=O) groups excluding carboxylic acids is 1. The molecule has 0 bridgehead atoms. The van der Waals surface area contributed by atoms with E-state index in [4.69, 9.17) is 0 Å². The Bertz CT molecular complexity index is 890. The zero-order valence-corrected chi connectivity index (χ0v) is 17.7. The van der Waals surface area contributed by atoms with Gasteiger partial charge in [-0.05, 0) is 61.9 Å². The number of carboxylic acids is 1. The highest BCUT2D eigenvalue weighted by molar-refractivity contribution is 6.07. The van der Waals surface area contributed by atoms with Gasteiger partial charge in [0.15, 0.2) is 11.6 Å². The van der Waals surface area contributed by atoms with Crippen molar-refractivity contribution < 1.29 is 14.7 Å². The number of carboxylic acid groups (broad SMARTS) is 1. The minimum Gasteiger partial charge on any atom is -0.481 e. The number of anilines is 3. The lowest BCUT2D eigenvalue weighted by atomic mass is 9.86. The quantitative estimate of drug-likeness (QED) is 0.641. The topological polar surface area (TPSA) is 107 Å². The van der Waals surface area contributed by atoms with Gasteiger partial charge in [0.25, 0.3) is 5.91 Å². The molecule has 1 amide bonds. The van der Waals surface area contributed by atoms with Gasteiger partial charge in [0.2, 0.25) is 0 Å². The summed E-state index contributed by atoms with van der Waals surface area (Å²) >= 11 is 0. The van der Waals surface area contributed by atoms with Crippen molar-refractivity contribution in [3.05, 3.63) is 41.5 Å². The number of aryl methyl sites for hydroxylation is 1. The van der Waals surface area contributed by atoms with E-state index >= 15 is 0 Å². The molecule has 8 heteroatoms. The highest BCUT2D eigenvalue weighted by atomic mass is 16.4. The van der Waals surface area contributed by atoms with E-state index in [0.29, 0.717) is 30.0 Å². The van der Waals surface area contributed by atoms with E-state index in [-0.39, 0.29) is 17.9 Å². The van der Waals surface area contributed by atoms with Crippen LogP contribution in [0.4, 0.5) is 17.3 Å². The van der Waals surface area contributed by atoms with E-state index < -0.39 is 5.97 Å². The summed E-state index contributed by atoms with van der Waals surface area (Å²) in [6.45, 7) is 2.07. The first kappa shape index (κ1) is 21.5. The van der Waals surface area contributed by atoms with E-state index in [1.54, 1.807) is 12.1 Å². The standard InChI is InChI=1S/C22H29N5O3/c1-4-14-5-10-17(21(28)24-19-11-12-20(26-25-19)27(2)3)18(13-14)23-16-8-6-15(7-9-16)22(29)30/h5,10-13,15-16,23H,4,6-9H2,1-3H3,(H,29,30)(H,24,25,28). The van der Waals surface area contributed by atoms with Crippen LogP contribution in [-0.2, 0) is 11.2 Å². The van der Waals surface area contributed by atoms with E-state index in [0.717, 1.165) is 30.5 Å². The van der Waals surface area contributed by atoms with Gasteiger partial charge >= 0.3 is 5.97 Å². The molecule has 1 heterocycles. The number of nitrogens with one attached hydrogen (secondary N) is 2. The summed E-state index contributed by atoms with van der Waals surface area (Å²) in [5.41, 5.74) is 2.43. The van der Waals surface area contributed by atoms with Gasteiger partial charge < -0.3 is 20.6 Å². The summed E-state index contributed by atoms with van der Waals surface area (Å²) in [4.78, 5) is 26.0. The van der Waals surface area contributed by atoms with Crippen LogP contribution in [0.5, 0.6) is 0 Å². The summed E-state index contributed by atoms with van der Waals surface area (Å²) in [6.07, 6.45) is 3.70. The van der Waals surface area contributed by atoms with E-state index in [1.165, 1.54) is 0 Å². The van der Waals surface area contributed by atoms with Crippen LogP contribution in [0.3, 0.4) is 0 Å². The van der Waals surface area contributed by atoms with Crippen molar-refractivity contribution in [2.24, 2.45) is 5.92 Å². The molecule has 160 valence electrons. The van der Waals surface area contributed by atoms with Crippen molar-refractivity contribution in [2.45, 2.75) is 45.1 Å². The van der Waals surface area contributed by atoms with E-state index in [2.05, 4.69) is 27.8 Å². The summed E-state index contributed by atoms with van der Waals surface area (Å²) < 4.78 is 0. The first-order chi connectivity index (χ1) is 14.4. The minimum absolute atomic E-state index is 0.151. The lowest BCUT2D eigenvalue weighted by Gasteiger charge is -2.28. The van der Waals surface area contributed by atoms with Crippen molar-refractivity contribution in [1.29, 1.82) is 0 Å². The number of rotatable bonds is 7. The van der Waals surface area contributed by atoms with Gasteiger partial charge in [0.1, 0.15) is 0 Å². The van der Waals surface area contributed by atoms with Crippen LogP contribution in [-0.4, -0.2) is 47.3 Å². The predicted octanol–water partition coefficient (Wildman–Crippen LogP) is 3.41. The minimum atomic E-state index is -0.720. The molecule has 3 rings (SSSR count). The lowest BCUT2D eigenvalue weighted by molar-refractivity contribution is -0.142. The maximum absolute atomic E-state index is 12.9. The molecular formula is C22H29N5O3. The smallest absolute Gasteiger partial charge is 0.306 e. The molecule has 1 aliphatic rings. The van der Waals surface area contributed by atoms with Gasteiger partial charge in [-0.15, -0.1) is 10.2 Å². The molecule has 1 saturated carbocycles. The fourth-order valence-corrected chi connectivity index (χ4v) is 3.65. The Morgan fingerprint density at radius 1 is 1.10 bits per heavy atom. The van der Waals surface area contributed by atoms with Crippen molar-refractivity contribution in [1.82, 2.24) is 10.2 Å². The number of aliphatic carboxylic acids is 1. The number of benzene rings is 1. The number of hydrogen-bond acceptors (Lipinski definition) is 6. The highest BCUT2D eigenvalue weighted by Gasteiger charge is 2.26. The zero-order chi connectivity index (χ0) is 21.7. The first-order valence-electron chi connectivity index (χ1n) is 10.3. The van der Waals surface area contributed by atoms with Crippen LogP contribution in [0.25, 0.3) is 0 Å². The number of amides is 1. The van der Waals surface area contributed by atoms with Gasteiger partial charge in [0.05, 0.1) is 11.5 Å². The maximum atomic E-state index is 12.9. The normalized spacial score (nSPS) is 18.5. The molecule has 1 aliphatic carbocycles. The van der Waals surface area contributed by atoms with Crippen molar-refractivity contribution in [3.63, 3.8) is 0 Å². The Balaban J connectivity index is 1.74. The number of aromatic nitrogens is 2. The summed E-state index contributed by atoms with van der Waals surface area (Å²) in [5.74, 6) is -0.150. The molecule has 0 spiro atoms. The fourth-order valence-electron chi connectivity index (χ4n) is 3.65. The third-order valence-corrected chi connectivity index (χ3v) is 5.52. The summed E-state index contributed by atoms with van der Waals surface area (Å²) in [5, 5.41) is 23.6. The Hall–Kier alpha value is -3.16. The molecule has 0 radical (unpaired) electrons. The molecule has 2 aromatic rings. The van der Waals surface area contributed by atoms with Gasteiger partial charge in [-0.25, -0.2) is 0 Å². The Labute approximate surface area is 176 Å². The van der Waals surface area contributed by atoms with E-state index in [9.17, 15) is 14.7 Å². The maximum Gasteiger partial charge on any atom is 0.306 e. The van der Waals surface area contributed by atoms with Gasteiger partial charge in [-0.1, -0.05) is 13.0 Å². The molecule has 30 heavy (non-hydrogen) atoms. The number of hydrogen-bond donors (Lipinski definition) is 3. The SMILES string of the molecule is CCc1ccc(C(=O)Nc2ccc(N(C)C)nn2)c(NC2CCC(C(=O)O)CC2)c1. The van der Waals surface area contributed by atoms with Crippen LogP contribution < -0.4 is 15.5 Å². The van der Waals surface area contributed by atoms with Gasteiger partial charge in [-0.2, -0.15) is 0 Å². The Kier molecular flexibility index (Phi) is 6.87. The lowest BCUT2D eigenvalue weighted by Crippen LogP contribution is -2.30. The molecule has 1 aromatic heterocycles. The van der Waals surface area contributed by atoms with Gasteiger partial charge in [0, 0.05) is 25.8 Å². The molecule has 1 aromatic carbocycles. The van der Waals surface area contributed by atoms with E-state index in [1.807, 2.05) is 37.2 Å². The number of nitrogens with zero attached hydrogens (tertiary/aromatic N) is 3. The molecule has 1 fully saturated rings. The second-order valence-corrected chi connectivity index (χ2v) is 7.89. The van der Waals surface area contributed by atoms with Crippen molar-refractivity contribution in [2.75, 3.05) is 29.6 Å². The van der Waals surface area contributed by atoms with Crippen LogP contribution in [0, 0.1) is 5.92 Å². The predicted molar refractivity (Wildman–Crippen MR) is 117 cm³/mol. The molecule has 0 saturated heterocycles. The average molecular weight is 412 g/mol. The fraction of sp³-hybridized carbons (Fsp3) is 0.455. The van der Waals surface area contributed by atoms with Crippen molar-refractivity contribution in [3.8, 4) is 0 Å².